The fraction of sp³-hybridized carbons (Fsp3) is 0.875. The molecule has 2 fully saturated rings. The molecule has 2 saturated heterocycles. The van der Waals surface area contributed by atoms with Gasteiger partial charge < -0.3 is 16.0 Å². The minimum Gasteiger partial charge on any atom is -0.370 e. The number of nitrogens with one attached hydrogen (secondary N) is 2. The van der Waals surface area contributed by atoms with Crippen molar-refractivity contribution in [3.05, 3.63) is 0 Å². The van der Waals surface area contributed by atoms with Crippen LogP contribution in [-0.4, -0.2) is 37.0 Å². The van der Waals surface area contributed by atoms with Gasteiger partial charge in [0.05, 0.1) is 0 Å². The maximum atomic E-state index is 7.35. The van der Waals surface area contributed by atoms with Crippen molar-refractivity contribution in [2.24, 2.45) is 17.6 Å². The van der Waals surface area contributed by atoms with Crippen LogP contribution in [0.5, 0.6) is 0 Å². The van der Waals surface area contributed by atoms with Crippen LogP contribution in [0.15, 0.2) is 0 Å². The summed E-state index contributed by atoms with van der Waals surface area (Å²) in [6.45, 7) is 4.14. The largest absolute Gasteiger partial charge is 0.370 e. The molecule has 0 aromatic heterocycles. The number of rotatable bonds is 0. The van der Waals surface area contributed by atoms with Crippen molar-refractivity contribution in [1.82, 2.24) is 10.2 Å². The van der Waals surface area contributed by atoms with Crippen molar-refractivity contribution in [1.29, 1.82) is 5.41 Å². The van der Waals surface area contributed by atoms with Crippen LogP contribution in [0.3, 0.4) is 0 Å². The van der Waals surface area contributed by atoms with Gasteiger partial charge in [-0.1, -0.05) is 0 Å². The maximum absolute atomic E-state index is 7.35. The van der Waals surface area contributed by atoms with Crippen molar-refractivity contribution in [2.45, 2.75) is 6.42 Å². The second kappa shape index (κ2) is 2.94. The number of nitrogens with zero attached hydrogens (tertiary/aromatic N) is 1. The van der Waals surface area contributed by atoms with Crippen molar-refractivity contribution in [3.8, 4) is 0 Å². The van der Waals surface area contributed by atoms with Crippen molar-refractivity contribution >= 4 is 5.96 Å². The van der Waals surface area contributed by atoms with Gasteiger partial charge in [-0.25, -0.2) is 0 Å². The van der Waals surface area contributed by atoms with Gasteiger partial charge in [0.25, 0.3) is 0 Å². The van der Waals surface area contributed by atoms with E-state index in [0.717, 1.165) is 26.2 Å². The van der Waals surface area contributed by atoms with Gasteiger partial charge in [0.2, 0.25) is 0 Å². The third-order valence-corrected chi connectivity index (χ3v) is 2.83. The van der Waals surface area contributed by atoms with E-state index < -0.39 is 0 Å². The molecule has 4 heteroatoms. The van der Waals surface area contributed by atoms with Gasteiger partial charge in [0.1, 0.15) is 0 Å². The van der Waals surface area contributed by atoms with Gasteiger partial charge in [0, 0.05) is 13.1 Å². The number of piperidine rings is 2. The number of fused-ring (bicyclic) bond motifs is 2. The Balaban J connectivity index is 2.00. The van der Waals surface area contributed by atoms with Gasteiger partial charge >= 0.3 is 0 Å². The average Bonchev–Trinajstić information content (AvgIpc) is 2.03. The van der Waals surface area contributed by atoms with Gasteiger partial charge in [0.15, 0.2) is 5.96 Å². The molecule has 0 saturated carbocycles. The second-order valence-corrected chi connectivity index (χ2v) is 3.92. The van der Waals surface area contributed by atoms with E-state index in [4.69, 9.17) is 11.1 Å². The van der Waals surface area contributed by atoms with E-state index in [1.807, 2.05) is 4.90 Å². The van der Waals surface area contributed by atoms with Crippen LogP contribution in [0.4, 0.5) is 0 Å². The highest BCUT2D eigenvalue weighted by Crippen LogP contribution is 2.23. The van der Waals surface area contributed by atoms with E-state index in [-0.39, 0.29) is 5.96 Å². The summed E-state index contributed by atoms with van der Waals surface area (Å²) in [6, 6.07) is 0. The predicted octanol–water partition coefficient (Wildman–Crippen LogP) is -0.579. The molecular weight excluding hydrogens is 152 g/mol. The Labute approximate surface area is 72.6 Å². The van der Waals surface area contributed by atoms with Crippen LogP contribution < -0.4 is 11.1 Å². The zero-order valence-corrected chi connectivity index (χ0v) is 7.21. The Kier molecular flexibility index (Phi) is 1.92. The summed E-state index contributed by atoms with van der Waals surface area (Å²) in [5.41, 5.74) is 5.46. The number of likely N-dealkylation sites (tertiary alicyclic amines) is 1. The third kappa shape index (κ3) is 1.39. The molecule has 4 nitrogen and oxygen atoms in total. The highest BCUT2D eigenvalue weighted by Gasteiger charge is 2.30. The first kappa shape index (κ1) is 7.86. The lowest BCUT2D eigenvalue weighted by Gasteiger charge is -2.41. The molecule has 0 spiro atoms. The smallest absolute Gasteiger partial charge is 0.188 e. The molecule has 2 aliphatic rings. The molecule has 12 heavy (non-hydrogen) atoms. The summed E-state index contributed by atoms with van der Waals surface area (Å²) in [5, 5.41) is 10.8. The minimum absolute atomic E-state index is 0.242. The fourth-order valence-electron chi connectivity index (χ4n) is 2.30. The van der Waals surface area contributed by atoms with Crippen molar-refractivity contribution in [3.63, 3.8) is 0 Å². The quantitative estimate of drug-likeness (QED) is 0.335. The maximum Gasteiger partial charge on any atom is 0.188 e. The Morgan fingerprint density at radius 2 is 1.92 bits per heavy atom. The topological polar surface area (TPSA) is 65.1 Å². The van der Waals surface area contributed by atoms with Crippen LogP contribution >= 0.6 is 0 Å². The summed E-state index contributed by atoms with van der Waals surface area (Å²) in [7, 11) is 0. The highest BCUT2D eigenvalue weighted by atomic mass is 15.2. The van der Waals surface area contributed by atoms with Crippen LogP contribution in [-0.2, 0) is 0 Å². The SMILES string of the molecule is N=C(N)N1CC2CNCC(C2)C1. The Morgan fingerprint density at radius 1 is 1.33 bits per heavy atom. The summed E-state index contributed by atoms with van der Waals surface area (Å²) in [4.78, 5) is 2.00. The van der Waals surface area contributed by atoms with Gasteiger partial charge in [-0.15, -0.1) is 0 Å². The van der Waals surface area contributed by atoms with Crippen LogP contribution in [0, 0.1) is 17.2 Å². The van der Waals surface area contributed by atoms with Crippen molar-refractivity contribution in [2.75, 3.05) is 26.2 Å². The van der Waals surface area contributed by atoms with E-state index in [2.05, 4.69) is 5.32 Å². The van der Waals surface area contributed by atoms with E-state index in [0.29, 0.717) is 11.8 Å². The molecule has 0 aliphatic carbocycles. The molecule has 68 valence electrons. The molecule has 0 aromatic rings. The summed E-state index contributed by atoms with van der Waals surface area (Å²) in [5.74, 6) is 1.66. The zero-order valence-electron chi connectivity index (χ0n) is 7.21. The van der Waals surface area contributed by atoms with E-state index in [1.165, 1.54) is 6.42 Å². The standard InChI is InChI=1S/C8H16N4/c9-8(10)12-4-6-1-7(5-12)3-11-2-6/h6-7,11H,1-5H2,(H3,9,10). The average molecular weight is 168 g/mol. The van der Waals surface area contributed by atoms with E-state index in [1.54, 1.807) is 0 Å². The number of hydrogen-bond donors (Lipinski definition) is 3. The van der Waals surface area contributed by atoms with Crippen LogP contribution in [0.1, 0.15) is 6.42 Å². The molecule has 0 radical (unpaired) electrons. The molecule has 0 aromatic carbocycles. The van der Waals surface area contributed by atoms with Gasteiger partial charge in [-0.05, 0) is 31.3 Å². The minimum atomic E-state index is 0.242. The number of nitrogens with two attached hydrogens (primary N) is 1. The summed E-state index contributed by atoms with van der Waals surface area (Å²) < 4.78 is 0. The first-order valence-corrected chi connectivity index (χ1v) is 4.55. The van der Waals surface area contributed by atoms with Gasteiger partial charge in [-0.2, -0.15) is 0 Å². The van der Waals surface area contributed by atoms with Crippen LogP contribution in [0.25, 0.3) is 0 Å². The molecule has 2 unspecified atom stereocenters. The number of hydrogen-bond acceptors (Lipinski definition) is 2. The van der Waals surface area contributed by atoms with E-state index >= 15 is 0 Å². The molecule has 2 heterocycles. The lowest BCUT2D eigenvalue weighted by molar-refractivity contribution is 0.149. The third-order valence-electron chi connectivity index (χ3n) is 2.83. The summed E-state index contributed by atoms with van der Waals surface area (Å²) >= 11 is 0. The second-order valence-electron chi connectivity index (χ2n) is 3.92. The first-order chi connectivity index (χ1) is 5.75. The lowest BCUT2D eigenvalue weighted by Crippen LogP contribution is -2.54. The van der Waals surface area contributed by atoms with Crippen LogP contribution in [0.2, 0.25) is 0 Å². The Morgan fingerprint density at radius 3 is 2.42 bits per heavy atom. The van der Waals surface area contributed by atoms with E-state index in [9.17, 15) is 0 Å². The lowest BCUT2D eigenvalue weighted by atomic mass is 9.86. The monoisotopic (exact) mass is 168 g/mol. The predicted molar refractivity (Wildman–Crippen MR) is 48.0 cm³/mol. The molecule has 4 N–H and O–H groups in total. The zero-order chi connectivity index (χ0) is 8.55. The molecule has 2 aliphatic heterocycles. The summed E-state index contributed by atoms with van der Waals surface area (Å²) in [6.07, 6.45) is 1.32. The molecule has 2 bridgehead atoms. The molecule has 0 amide bonds. The normalized spacial score (nSPS) is 34.8. The Bertz CT molecular complexity index is 179. The van der Waals surface area contributed by atoms with Crippen molar-refractivity contribution < 1.29 is 0 Å². The number of guanidine groups is 1. The highest BCUT2D eigenvalue weighted by molar-refractivity contribution is 5.74. The van der Waals surface area contributed by atoms with Gasteiger partial charge in [-0.3, -0.25) is 5.41 Å². The Hall–Kier alpha value is -0.770. The fourth-order valence-corrected chi connectivity index (χ4v) is 2.30. The molecular formula is C8H16N4. The first-order valence-electron chi connectivity index (χ1n) is 4.55. The molecule has 2 atom stereocenters. The molecule has 2 rings (SSSR count).